The summed E-state index contributed by atoms with van der Waals surface area (Å²) in [4.78, 5) is 2.44. The fourth-order valence-corrected chi connectivity index (χ4v) is 8.94. The smallest absolute Gasteiger partial charge is 0.0540 e. The van der Waals surface area contributed by atoms with Crippen LogP contribution in [0.2, 0.25) is 0 Å². The van der Waals surface area contributed by atoms with Crippen LogP contribution in [0.5, 0.6) is 0 Å². The average Bonchev–Trinajstić information content (AvgIpc) is 3.35. The molecule has 0 saturated heterocycles. The van der Waals surface area contributed by atoms with Gasteiger partial charge in [0, 0.05) is 16.9 Å². The molecule has 0 aliphatic rings. The molecule has 1 nitrogen and oxygen atoms in total. The highest BCUT2D eigenvalue weighted by Crippen LogP contribution is 2.46. The Morgan fingerprint density at radius 1 is 0.213 bits per heavy atom. The summed E-state index contributed by atoms with van der Waals surface area (Å²) in [6.07, 6.45) is 0. The number of hydrogen-bond acceptors (Lipinski definition) is 1. The zero-order valence-electron chi connectivity index (χ0n) is 33.6. The molecule has 0 radical (unpaired) electrons. The van der Waals surface area contributed by atoms with Crippen LogP contribution >= 0.6 is 0 Å². The van der Waals surface area contributed by atoms with Crippen molar-refractivity contribution < 1.29 is 0 Å². The predicted molar refractivity (Wildman–Crippen MR) is 261 cm³/mol. The normalized spacial score (nSPS) is 11.3. The quantitative estimate of drug-likeness (QED) is 0.139. The summed E-state index contributed by atoms with van der Waals surface area (Å²) in [6, 6.07) is 90.6. The van der Waals surface area contributed by atoms with E-state index in [2.05, 4.69) is 254 Å². The maximum absolute atomic E-state index is 2.44. The van der Waals surface area contributed by atoms with Gasteiger partial charge in [-0.2, -0.15) is 0 Å². The molecule has 0 aliphatic carbocycles. The third-order valence-corrected chi connectivity index (χ3v) is 12.0. The van der Waals surface area contributed by atoms with Crippen LogP contribution in [0.1, 0.15) is 0 Å². The molecule has 0 spiro atoms. The van der Waals surface area contributed by atoms with Crippen LogP contribution in [0.15, 0.2) is 249 Å². The summed E-state index contributed by atoms with van der Waals surface area (Å²) in [6.45, 7) is 0. The van der Waals surface area contributed by atoms with Gasteiger partial charge in [-0.1, -0.05) is 200 Å². The van der Waals surface area contributed by atoms with E-state index in [-0.39, 0.29) is 0 Å². The van der Waals surface area contributed by atoms with E-state index in [0.717, 1.165) is 28.2 Å². The molecule has 0 bridgehead atoms. The van der Waals surface area contributed by atoms with Crippen molar-refractivity contribution >= 4 is 49.4 Å². The number of benzene rings is 11. The van der Waals surface area contributed by atoms with E-state index in [1.54, 1.807) is 0 Å². The SMILES string of the molecule is c1ccc(-c2ccc(N(c3ccc(-c4ccc5ccccc5c4)cc3)c3ccc(-c4ccc5ccc6ccccc6c5c4)cc3-c3ccccc3)cc2-c2ccccc2)cc1. The van der Waals surface area contributed by atoms with Gasteiger partial charge in [0.1, 0.15) is 0 Å². The average molecular weight is 776 g/mol. The Hall–Kier alpha value is -8.00. The Morgan fingerprint density at radius 2 is 0.689 bits per heavy atom. The maximum atomic E-state index is 2.44. The Bertz CT molecular complexity index is 3330. The second-order valence-corrected chi connectivity index (χ2v) is 15.7. The fourth-order valence-electron chi connectivity index (χ4n) is 8.94. The molecule has 11 aromatic rings. The molecule has 61 heavy (non-hydrogen) atoms. The highest BCUT2D eigenvalue weighted by atomic mass is 15.1. The highest BCUT2D eigenvalue weighted by molar-refractivity contribution is 6.09. The first-order valence-corrected chi connectivity index (χ1v) is 21.0. The number of anilines is 3. The molecular formula is C60H41N. The number of fused-ring (bicyclic) bond motifs is 4. The maximum Gasteiger partial charge on any atom is 0.0540 e. The molecule has 0 aliphatic heterocycles. The van der Waals surface area contributed by atoms with E-state index in [4.69, 9.17) is 0 Å². The van der Waals surface area contributed by atoms with Crippen molar-refractivity contribution in [3.05, 3.63) is 249 Å². The van der Waals surface area contributed by atoms with Gasteiger partial charge in [0.15, 0.2) is 0 Å². The summed E-state index contributed by atoms with van der Waals surface area (Å²) >= 11 is 0. The van der Waals surface area contributed by atoms with Crippen LogP contribution in [-0.2, 0) is 0 Å². The van der Waals surface area contributed by atoms with Crippen molar-refractivity contribution in [3.63, 3.8) is 0 Å². The van der Waals surface area contributed by atoms with Crippen molar-refractivity contribution in [1.82, 2.24) is 0 Å². The van der Waals surface area contributed by atoms with E-state index in [0.29, 0.717) is 0 Å². The fraction of sp³-hybridized carbons (Fsp3) is 0. The lowest BCUT2D eigenvalue weighted by molar-refractivity contribution is 1.28. The summed E-state index contributed by atoms with van der Waals surface area (Å²) in [7, 11) is 0. The Morgan fingerprint density at radius 3 is 1.39 bits per heavy atom. The van der Waals surface area contributed by atoms with Crippen LogP contribution in [-0.4, -0.2) is 0 Å². The lowest BCUT2D eigenvalue weighted by atomic mass is 9.92. The topological polar surface area (TPSA) is 3.24 Å². The zero-order valence-corrected chi connectivity index (χ0v) is 33.6. The summed E-state index contributed by atoms with van der Waals surface area (Å²) in [5, 5.41) is 7.52. The Kier molecular flexibility index (Phi) is 9.26. The van der Waals surface area contributed by atoms with Gasteiger partial charge in [-0.3, -0.25) is 0 Å². The minimum absolute atomic E-state index is 1.08. The first-order chi connectivity index (χ1) is 30.2. The molecule has 11 aromatic carbocycles. The lowest BCUT2D eigenvalue weighted by Crippen LogP contribution is -2.12. The lowest BCUT2D eigenvalue weighted by Gasteiger charge is -2.29. The molecule has 11 rings (SSSR count). The standard InChI is InChI=1S/C60H41N/c1-4-15-44(16-5-1)56-36-35-54(41-58(56)45-17-6-2-7-18-45)61(53-33-30-43(31-34-53)50-28-24-42-14-10-11-22-49(42)38-50)60-37-32-52(40-59(60)46-19-8-3-9-20-46)51-29-27-48-26-25-47-21-12-13-23-55(47)57(48)39-51/h1-41H. The molecule has 1 heteroatoms. The van der Waals surface area contributed by atoms with Crippen LogP contribution < -0.4 is 4.90 Å². The van der Waals surface area contributed by atoms with Gasteiger partial charge >= 0.3 is 0 Å². The van der Waals surface area contributed by atoms with Gasteiger partial charge in [-0.05, 0) is 131 Å². The second-order valence-electron chi connectivity index (χ2n) is 15.7. The molecule has 0 atom stereocenters. The third kappa shape index (κ3) is 6.93. The molecule has 0 N–H and O–H groups in total. The van der Waals surface area contributed by atoms with E-state index in [1.807, 2.05) is 0 Å². The van der Waals surface area contributed by atoms with Crippen LogP contribution in [0, 0.1) is 0 Å². The first-order valence-electron chi connectivity index (χ1n) is 21.0. The van der Waals surface area contributed by atoms with Crippen LogP contribution in [0.25, 0.3) is 88.0 Å². The van der Waals surface area contributed by atoms with Crippen molar-refractivity contribution in [2.75, 3.05) is 4.90 Å². The number of nitrogens with zero attached hydrogens (tertiary/aromatic N) is 1. The van der Waals surface area contributed by atoms with Crippen molar-refractivity contribution in [2.24, 2.45) is 0 Å². The van der Waals surface area contributed by atoms with E-state index < -0.39 is 0 Å². The summed E-state index contributed by atoms with van der Waals surface area (Å²) in [5.74, 6) is 0. The van der Waals surface area contributed by atoms with Gasteiger partial charge in [-0.25, -0.2) is 0 Å². The Labute approximate surface area is 357 Å². The van der Waals surface area contributed by atoms with Gasteiger partial charge in [-0.15, -0.1) is 0 Å². The number of rotatable bonds is 8. The number of hydrogen-bond donors (Lipinski definition) is 0. The molecular weight excluding hydrogens is 735 g/mol. The van der Waals surface area contributed by atoms with E-state index in [1.165, 1.54) is 76.8 Å². The minimum atomic E-state index is 1.08. The molecule has 0 amide bonds. The molecule has 0 fully saturated rings. The zero-order chi connectivity index (χ0) is 40.5. The van der Waals surface area contributed by atoms with Crippen molar-refractivity contribution in [1.29, 1.82) is 0 Å². The highest BCUT2D eigenvalue weighted by Gasteiger charge is 2.21. The van der Waals surface area contributed by atoms with E-state index in [9.17, 15) is 0 Å². The third-order valence-electron chi connectivity index (χ3n) is 12.0. The second kappa shape index (κ2) is 15.6. The van der Waals surface area contributed by atoms with Crippen molar-refractivity contribution in [3.8, 4) is 55.6 Å². The van der Waals surface area contributed by atoms with Crippen molar-refractivity contribution in [2.45, 2.75) is 0 Å². The largest absolute Gasteiger partial charge is 0.310 e. The van der Waals surface area contributed by atoms with Gasteiger partial charge in [0.2, 0.25) is 0 Å². The predicted octanol–water partition coefficient (Wildman–Crippen LogP) is 17.0. The van der Waals surface area contributed by atoms with Crippen LogP contribution in [0.3, 0.4) is 0 Å². The molecule has 0 saturated carbocycles. The summed E-state index contributed by atoms with van der Waals surface area (Å²) < 4.78 is 0. The molecule has 0 unspecified atom stereocenters. The van der Waals surface area contributed by atoms with Gasteiger partial charge < -0.3 is 4.90 Å². The Balaban J connectivity index is 1.11. The molecule has 0 heterocycles. The molecule has 0 aromatic heterocycles. The van der Waals surface area contributed by atoms with Crippen LogP contribution in [0.4, 0.5) is 17.1 Å². The minimum Gasteiger partial charge on any atom is -0.310 e. The molecule has 286 valence electrons. The van der Waals surface area contributed by atoms with Gasteiger partial charge in [0.05, 0.1) is 5.69 Å². The van der Waals surface area contributed by atoms with E-state index >= 15 is 0 Å². The monoisotopic (exact) mass is 775 g/mol. The first kappa shape index (κ1) is 36.1. The van der Waals surface area contributed by atoms with Gasteiger partial charge in [0.25, 0.3) is 0 Å². The summed E-state index contributed by atoms with van der Waals surface area (Å²) in [5.41, 5.74) is 15.1.